The largest absolute Gasteiger partial charge is 0.658 e. The number of aliphatic hydroxyl groups is 1. The van der Waals surface area contributed by atoms with Crippen molar-refractivity contribution in [2.24, 2.45) is 0 Å². The number of rotatable bonds is 7. The van der Waals surface area contributed by atoms with Gasteiger partial charge < -0.3 is 34.5 Å². The van der Waals surface area contributed by atoms with Gasteiger partial charge in [-0.05, 0) is 48.6 Å². The summed E-state index contributed by atoms with van der Waals surface area (Å²) in [6, 6.07) is 23.8. The topological polar surface area (TPSA) is 85.9 Å². The Morgan fingerprint density at radius 1 is 0.886 bits per heavy atom. The molecule has 231 valence electrons. The molecule has 0 saturated heterocycles. The second-order valence-electron chi connectivity index (χ2n) is 11.3. The number of pyridine rings is 1. The third kappa shape index (κ3) is 6.38. The van der Waals surface area contributed by atoms with Gasteiger partial charge >= 0.3 is 0 Å². The van der Waals surface area contributed by atoms with Gasteiger partial charge in [-0.3, -0.25) is 4.98 Å². The van der Waals surface area contributed by atoms with Crippen molar-refractivity contribution < 1.29 is 29.6 Å². The van der Waals surface area contributed by atoms with Crippen LogP contribution in [-0.4, -0.2) is 38.7 Å². The number of hydrogen-bond acceptors (Lipinski definition) is 5. The van der Waals surface area contributed by atoms with Crippen molar-refractivity contribution in [3.05, 3.63) is 114 Å². The van der Waals surface area contributed by atoms with Crippen LogP contribution in [0, 0.1) is 12.7 Å². The number of anilines is 1. The van der Waals surface area contributed by atoms with E-state index in [1.54, 1.807) is 6.20 Å². The summed E-state index contributed by atoms with van der Waals surface area (Å²) in [5.74, 6) is 0. The van der Waals surface area contributed by atoms with E-state index < -0.39 is 0 Å². The van der Waals surface area contributed by atoms with Gasteiger partial charge in [-0.1, -0.05) is 63.4 Å². The van der Waals surface area contributed by atoms with Crippen LogP contribution in [0.3, 0.4) is 0 Å². The van der Waals surface area contributed by atoms with E-state index in [4.69, 9.17) is 15.1 Å². The molecule has 8 nitrogen and oxygen atoms in total. The summed E-state index contributed by atoms with van der Waals surface area (Å²) in [7, 11) is 2.00. The minimum Gasteiger partial charge on any atom is -0.658 e. The average molecular weight is 765 g/mol. The first-order chi connectivity index (χ1) is 20.8. The molecule has 0 aliphatic carbocycles. The Morgan fingerprint density at radius 2 is 1.64 bits per heavy atom. The second-order valence-corrected chi connectivity index (χ2v) is 11.3. The molecule has 44 heavy (non-hydrogen) atoms. The van der Waals surface area contributed by atoms with Gasteiger partial charge in [0.25, 0.3) is 0 Å². The molecule has 3 aromatic carbocycles. The quantitative estimate of drug-likeness (QED) is 0.165. The van der Waals surface area contributed by atoms with Crippen LogP contribution >= 0.6 is 0 Å². The molecule has 1 radical (unpaired) electrons. The van der Waals surface area contributed by atoms with E-state index in [1.807, 2.05) is 90.6 Å². The fourth-order valence-corrected chi connectivity index (χ4v) is 5.39. The first-order valence-electron chi connectivity index (χ1n) is 14.6. The van der Waals surface area contributed by atoms with Crippen LogP contribution in [0.25, 0.3) is 54.4 Å². The molecule has 6 aromatic rings. The zero-order chi connectivity index (χ0) is 30.1. The monoisotopic (exact) mass is 765 g/mol. The third-order valence-electron chi connectivity index (χ3n) is 7.29. The summed E-state index contributed by atoms with van der Waals surface area (Å²) >= 11 is 0. The van der Waals surface area contributed by atoms with Crippen LogP contribution in [0.1, 0.15) is 39.5 Å². The molecule has 1 aliphatic heterocycles. The zero-order valence-corrected chi connectivity index (χ0v) is 27.9. The molecule has 1 N–H and O–H groups in total. The molecule has 0 bridgehead atoms. The first-order valence-corrected chi connectivity index (χ1v) is 14.6. The van der Waals surface area contributed by atoms with E-state index in [0.717, 1.165) is 55.0 Å². The maximum atomic E-state index is 9.52. The number of fused-ring (bicyclic) bond motifs is 6. The summed E-state index contributed by atoms with van der Waals surface area (Å²) in [6.07, 6.45) is 7.37. The van der Waals surface area contributed by atoms with Crippen molar-refractivity contribution in [3.63, 3.8) is 0 Å². The van der Waals surface area contributed by atoms with Crippen molar-refractivity contribution in [2.75, 3.05) is 11.9 Å². The van der Waals surface area contributed by atoms with Crippen molar-refractivity contribution in [1.82, 2.24) is 14.5 Å². The Labute approximate surface area is 271 Å². The Kier molecular flexibility index (Phi) is 9.73. The van der Waals surface area contributed by atoms with Gasteiger partial charge in [0.05, 0.1) is 18.3 Å². The van der Waals surface area contributed by atoms with Gasteiger partial charge in [-0.25, -0.2) is 0 Å². The number of aromatic nitrogens is 2. The van der Waals surface area contributed by atoms with Crippen LogP contribution < -0.4 is 4.90 Å². The van der Waals surface area contributed by atoms with Gasteiger partial charge in [0.1, 0.15) is 5.58 Å². The van der Waals surface area contributed by atoms with Crippen molar-refractivity contribution in [1.29, 1.82) is 0 Å². The van der Waals surface area contributed by atoms with E-state index in [0.29, 0.717) is 0 Å². The number of furan rings is 1. The van der Waals surface area contributed by atoms with Gasteiger partial charge in [0.15, 0.2) is 0 Å². The molecule has 1 aliphatic rings. The number of hydrogen-bond donors (Lipinski definition) is 1. The van der Waals surface area contributed by atoms with Crippen LogP contribution in [0.4, 0.5) is 5.69 Å². The van der Waals surface area contributed by atoms with Crippen LogP contribution in [0.5, 0.6) is 0 Å². The number of benzene rings is 3. The Hall–Kier alpha value is -3.72. The average Bonchev–Trinajstić information content (AvgIpc) is 3.69. The molecule has 0 spiro atoms. The van der Waals surface area contributed by atoms with E-state index >= 15 is 0 Å². The first kappa shape index (κ1) is 31.7. The fraction of sp³-hybridized carbons (Fsp3) is 0.257. The van der Waals surface area contributed by atoms with Gasteiger partial charge in [0.2, 0.25) is 0 Å². The van der Waals surface area contributed by atoms with Crippen molar-refractivity contribution in [2.45, 2.75) is 52.7 Å². The molecule has 9 heteroatoms. The van der Waals surface area contributed by atoms with E-state index in [-0.39, 0.29) is 45.1 Å². The predicted molar refractivity (Wildman–Crippen MR) is 175 cm³/mol. The van der Waals surface area contributed by atoms with Gasteiger partial charge in [0, 0.05) is 48.2 Å². The Balaban J connectivity index is 0.000000174. The number of para-hydroxylation sites is 1. The summed E-state index contributed by atoms with van der Waals surface area (Å²) in [5, 5.41) is 23.7. The van der Waals surface area contributed by atoms with Crippen LogP contribution in [0.2, 0.25) is 0 Å². The smallest absolute Gasteiger partial charge is 0.120 e. The molecule has 0 fully saturated rings. The zero-order valence-electron chi connectivity index (χ0n) is 25.5. The number of aliphatic hydroxyl groups excluding tert-OH is 1. The number of nitrogens with zero attached hydrogens (tertiary/aromatic N) is 6. The maximum absolute atomic E-state index is 9.52. The minimum absolute atomic E-state index is 0. The standard InChI is InChI=1S/C19H24N4O.C16H12N2O.Ir/c1-12(2)21-19(22-13(3)4)23-17-9-14(11-24)5-6-15(17)16-7-8-20-10-18(16)23;1-17-8-9-18(11-17)12-6-7-14-13-4-2-3-5-15(13)19-16(14)10-12;/h5-10,12-13,19,24H,11H2,1-4H3;2-5,7-11H,1H3;/q2*-2;. The molecule has 0 saturated carbocycles. The Bertz CT molecular complexity index is 1900. The normalized spacial score (nSPS) is 13.2. The predicted octanol–water partition coefficient (Wildman–Crippen LogP) is 8.43. The molecule has 0 amide bonds. The molecule has 0 unspecified atom stereocenters. The second kappa shape index (κ2) is 13.5. The van der Waals surface area contributed by atoms with Gasteiger partial charge in [-0.15, -0.1) is 23.8 Å². The molecule has 3 aromatic heterocycles. The van der Waals surface area contributed by atoms with E-state index in [9.17, 15) is 5.11 Å². The molecular weight excluding hydrogens is 729 g/mol. The third-order valence-corrected chi connectivity index (χ3v) is 7.29. The summed E-state index contributed by atoms with van der Waals surface area (Å²) in [4.78, 5) is 8.32. The van der Waals surface area contributed by atoms with E-state index in [2.05, 4.69) is 55.4 Å². The van der Waals surface area contributed by atoms with Gasteiger partial charge in [-0.2, -0.15) is 25.1 Å². The van der Waals surface area contributed by atoms with Crippen LogP contribution in [-0.2, 0) is 26.7 Å². The summed E-state index contributed by atoms with van der Waals surface area (Å²) in [6.45, 7) is 10.3. The molecule has 4 heterocycles. The van der Waals surface area contributed by atoms with Crippen molar-refractivity contribution >= 4 is 49.4 Å². The van der Waals surface area contributed by atoms with Crippen LogP contribution in [0.15, 0.2) is 89.9 Å². The summed E-state index contributed by atoms with van der Waals surface area (Å²) < 4.78 is 8.02. The maximum Gasteiger partial charge on any atom is 0.120 e. The summed E-state index contributed by atoms with van der Waals surface area (Å²) in [5.41, 5.74) is 5.72. The van der Waals surface area contributed by atoms with E-state index in [1.165, 1.54) is 0 Å². The molecule has 7 rings (SSSR count). The minimum atomic E-state index is -0.303. The fourth-order valence-electron chi connectivity index (χ4n) is 5.39. The Morgan fingerprint density at radius 3 is 2.34 bits per heavy atom. The molecular formula is C35H36IrN6O2-4. The molecule has 0 atom stereocenters. The SMILES string of the molecule is CC(C)[N-]C([N-]C(C)C)n1c2cnccc2c2ccc(CO)cc21.CN1C=CN(c2[c-]cc3c(c2)oc2ccccc23)[CH-]1.[Ir]. The van der Waals surface area contributed by atoms with Crippen molar-refractivity contribution in [3.8, 4) is 0 Å².